The molecule has 28 heavy (non-hydrogen) atoms. The average molecular weight is 395 g/mol. The third kappa shape index (κ3) is 4.90. The maximum atomic E-state index is 12.2. The molecule has 0 unspecified atom stereocenters. The van der Waals surface area contributed by atoms with Gasteiger partial charge in [0.1, 0.15) is 0 Å². The summed E-state index contributed by atoms with van der Waals surface area (Å²) >= 11 is 1.47. The fourth-order valence-electron chi connectivity index (χ4n) is 2.68. The molecule has 0 fully saturated rings. The molecule has 1 heterocycles. The molecule has 0 saturated carbocycles. The highest BCUT2D eigenvalue weighted by atomic mass is 32.2. The van der Waals surface area contributed by atoms with E-state index in [4.69, 9.17) is 10.00 Å². The molecule has 8 heteroatoms. The zero-order valence-electron chi connectivity index (χ0n) is 14.9. The standard InChI is InChI=1S/C20H17N3O4S/c21-11-14-4-3-5-15(10-14)22-18(24)12-27-20(26)8-9-23-16-6-1-2-7-17(16)28-13-19(23)25/h1-7,10H,8-9,12-13H2,(H,22,24). The lowest BCUT2D eigenvalue weighted by molar-refractivity contribution is -0.147. The number of benzene rings is 2. The van der Waals surface area contributed by atoms with E-state index in [9.17, 15) is 14.4 Å². The van der Waals surface area contributed by atoms with Crippen molar-refractivity contribution in [3.05, 3.63) is 54.1 Å². The van der Waals surface area contributed by atoms with Crippen LogP contribution in [0.1, 0.15) is 12.0 Å². The second-order valence-electron chi connectivity index (χ2n) is 5.95. The lowest BCUT2D eigenvalue weighted by atomic mass is 10.2. The largest absolute Gasteiger partial charge is 0.456 e. The van der Waals surface area contributed by atoms with Gasteiger partial charge in [0.05, 0.1) is 29.5 Å². The van der Waals surface area contributed by atoms with Gasteiger partial charge in [-0.3, -0.25) is 14.4 Å². The molecule has 1 N–H and O–H groups in total. The summed E-state index contributed by atoms with van der Waals surface area (Å²) in [6.07, 6.45) is -0.0120. The van der Waals surface area contributed by atoms with Crippen molar-refractivity contribution < 1.29 is 19.1 Å². The van der Waals surface area contributed by atoms with Crippen LogP contribution >= 0.6 is 11.8 Å². The van der Waals surface area contributed by atoms with Crippen molar-refractivity contribution >= 4 is 40.9 Å². The van der Waals surface area contributed by atoms with Gasteiger partial charge >= 0.3 is 5.97 Å². The molecule has 2 aromatic carbocycles. The Balaban J connectivity index is 1.48. The van der Waals surface area contributed by atoms with Crippen molar-refractivity contribution in [3.8, 4) is 6.07 Å². The Morgan fingerprint density at radius 2 is 2.04 bits per heavy atom. The summed E-state index contributed by atoms with van der Waals surface area (Å²) in [5, 5.41) is 11.4. The highest BCUT2D eigenvalue weighted by Crippen LogP contribution is 2.34. The number of nitriles is 1. The number of hydrogen-bond acceptors (Lipinski definition) is 6. The molecule has 0 spiro atoms. The Bertz CT molecular complexity index is 954. The first-order valence-electron chi connectivity index (χ1n) is 8.54. The lowest BCUT2D eigenvalue weighted by Gasteiger charge is -2.28. The number of ether oxygens (including phenoxy) is 1. The van der Waals surface area contributed by atoms with Crippen LogP contribution in [0.4, 0.5) is 11.4 Å². The molecule has 2 aromatic rings. The predicted molar refractivity (Wildman–Crippen MR) is 105 cm³/mol. The van der Waals surface area contributed by atoms with Crippen molar-refractivity contribution in [1.82, 2.24) is 0 Å². The van der Waals surface area contributed by atoms with Gasteiger partial charge < -0.3 is 15.0 Å². The molecule has 1 aliphatic heterocycles. The molecule has 0 radical (unpaired) electrons. The van der Waals surface area contributed by atoms with E-state index in [0.29, 0.717) is 17.0 Å². The Hall–Kier alpha value is -3.31. The molecule has 2 amide bonds. The fraction of sp³-hybridized carbons (Fsp3) is 0.200. The van der Waals surface area contributed by atoms with Gasteiger partial charge in [-0.15, -0.1) is 11.8 Å². The molecule has 0 bridgehead atoms. The summed E-state index contributed by atoms with van der Waals surface area (Å²) in [7, 11) is 0. The smallest absolute Gasteiger partial charge is 0.308 e. The van der Waals surface area contributed by atoms with Crippen molar-refractivity contribution in [2.24, 2.45) is 0 Å². The van der Waals surface area contributed by atoms with Crippen LogP contribution in [0.2, 0.25) is 0 Å². The maximum absolute atomic E-state index is 12.2. The fourth-order valence-corrected chi connectivity index (χ4v) is 3.62. The number of carbonyl (C=O) groups is 3. The normalized spacial score (nSPS) is 12.7. The van der Waals surface area contributed by atoms with E-state index in [1.807, 2.05) is 30.3 Å². The number of hydrogen-bond donors (Lipinski definition) is 1. The minimum atomic E-state index is -0.565. The van der Waals surface area contributed by atoms with Gasteiger partial charge in [0.15, 0.2) is 6.61 Å². The van der Waals surface area contributed by atoms with Crippen molar-refractivity contribution in [2.75, 3.05) is 29.1 Å². The van der Waals surface area contributed by atoms with Crippen molar-refractivity contribution in [3.63, 3.8) is 0 Å². The number of rotatable bonds is 6. The molecule has 0 saturated heterocycles. The Kier molecular flexibility index (Phi) is 6.29. The Morgan fingerprint density at radius 1 is 1.21 bits per heavy atom. The van der Waals surface area contributed by atoms with Gasteiger partial charge in [0, 0.05) is 17.1 Å². The second-order valence-corrected chi connectivity index (χ2v) is 6.97. The summed E-state index contributed by atoms with van der Waals surface area (Å²) < 4.78 is 4.99. The topological polar surface area (TPSA) is 99.5 Å². The number of amides is 2. The van der Waals surface area contributed by atoms with E-state index in [1.54, 1.807) is 23.1 Å². The number of esters is 1. The average Bonchev–Trinajstić information content (AvgIpc) is 2.71. The molecule has 3 rings (SSSR count). The van der Waals surface area contributed by atoms with Crippen molar-refractivity contribution in [2.45, 2.75) is 11.3 Å². The molecule has 0 atom stereocenters. The molecule has 7 nitrogen and oxygen atoms in total. The van der Waals surface area contributed by atoms with Crippen LogP contribution in [0.25, 0.3) is 0 Å². The van der Waals surface area contributed by atoms with Gasteiger partial charge in [-0.05, 0) is 30.3 Å². The Labute approximate surface area is 166 Å². The number of nitrogens with one attached hydrogen (secondary N) is 1. The molecule has 0 aliphatic carbocycles. The molecular formula is C20H17N3O4S. The molecule has 1 aliphatic rings. The van der Waals surface area contributed by atoms with Gasteiger partial charge in [0.2, 0.25) is 5.91 Å². The lowest BCUT2D eigenvalue weighted by Crippen LogP contribution is -2.37. The molecule has 142 valence electrons. The zero-order chi connectivity index (χ0) is 19.9. The van der Waals surface area contributed by atoms with E-state index >= 15 is 0 Å². The van der Waals surface area contributed by atoms with Crippen molar-refractivity contribution in [1.29, 1.82) is 5.26 Å². The summed E-state index contributed by atoms with van der Waals surface area (Å²) in [5.74, 6) is -0.800. The van der Waals surface area contributed by atoms with Gasteiger partial charge in [-0.1, -0.05) is 18.2 Å². The summed E-state index contributed by atoms with van der Waals surface area (Å²) in [6.45, 7) is -0.239. The summed E-state index contributed by atoms with van der Waals surface area (Å²) in [4.78, 5) is 38.6. The highest BCUT2D eigenvalue weighted by molar-refractivity contribution is 8.00. The second kappa shape index (κ2) is 9.06. The molecular weight excluding hydrogens is 378 g/mol. The number of nitrogens with zero attached hydrogens (tertiary/aromatic N) is 2. The van der Waals surface area contributed by atoms with Crippen LogP contribution in [0.5, 0.6) is 0 Å². The predicted octanol–water partition coefficient (Wildman–Crippen LogP) is 2.57. The first-order valence-corrected chi connectivity index (χ1v) is 9.53. The van der Waals surface area contributed by atoms with E-state index in [-0.39, 0.29) is 18.9 Å². The van der Waals surface area contributed by atoms with Crippen LogP contribution in [0.3, 0.4) is 0 Å². The van der Waals surface area contributed by atoms with E-state index in [2.05, 4.69) is 5.32 Å². The summed E-state index contributed by atoms with van der Waals surface area (Å²) in [6, 6.07) is 15.9. The van der Waals surface area contributed by atoms with Crippen LogP contribution in [-0.4, -0.2) is 36.7 Å². The minimum Gasteiger partial charge on any atom is -0.456 e. The Morgan fingerprint density at radius 3 is 2.86 bits per heavy atom. The van der Waals surface area contributed by atoms with E-state index < -0.39 is 18.5 Å². The third-order valence-electron chi connectivity index (χ3n) is 3.99. The first kappa shape index (κ1) is 19.5. The highest BCUT2D eigenvalue weighted by Gasteiger charge is 2.24. The van der Waals surface area contributed by atoms with E-state index in [1.165, 1.54) is 17.8 Å². The maximum Gasteiger partial charge on any atom is 0.308 e. The van der Waals surface area contributed by atoms with Gasteiger partial charge in [0.25, 0.3) is 5.91 Å². The first-order chi connectivity index (χ1) is 13.6. The van der Waals surface area contributed by atoms with Crippen LogP contribution in [-0.2, 0) is 19.1 Å². The quantitative estimate of drug-likeness (QED) is 0.755. The monoisotopic (exact) mass is 395 g/mol. The van der Waals surface area contributed by atoms with Crippen LogP contribution in [0.15, 0.2) is 53.4 Å². The number of carbonyl (C=O) groups excluding carboxylic acids is 3. The number of anilines is 2. The number of fused-ring (bicyclic) bond motifs is 1. The van der Waals surface area contributed by atoms with E-state index in [0.717, 1.165) is 10.6 Å². The summed E-state index contributed by atoms with van der Waals surface area (Å²) in [5.41, 5.74) is 1.65. The number of para-hydroxylation sites is 1. The van der Waals surface area contributed by atoms with Crippen LogP contribution < -0.4 is 10.2 Å². The minimum absolute atomic E-state index is 0.0120. The van der Waals surface area contributed by atoms with Crippen LogP contribution in [0, 0.1) is 11.3 Å². The molecule has 0 aromatic heterocycles. The SMILES string of the molecule is N#Cc1cccc(NC(=O)COC(=O)CCN2C(=O)CSc3ccccc32)c1. The number of thioether (sulfide) groups is 1. The van der Waals surface area contributed by atoms with Gasteiger partial charge in [-0.25, -0.2) is 0 Å². The third-order valence-corrected chi connectivity index (χ3v) is 5.03. The zero-order valence-corrected chi connectivity index (χ0v) is 15.7. The van der Waals surface area contributed by atoms with Gasteiger partial charge in [-0.2, -0.15) is 5.26 Å².